The van der Waals surface area contributed by atoms with Crippen LogP contribution in [0.1, 0.15) is 34.6 Å². The maximum atomic E-state index is 11.5. The molecular formula is C10H19NO3. The molecule has 0 aliphatic rings. The smallest absolute Gasteiger partial charge is 0.307 e. The molecule has 0 spiro atoms. The van der Waals surface area contributed by atoms with Gasteiger partial charge in [-0.15, -0.1) is 0 Å². The van der Waals surface area contributed by atoms with Gasteiger partial charge in [-0.2, -0.15) is 0 Å². The van der Waals surface area contributed by atoms with Crippen LogP contribution in [0, 0.1) is 11.8 Å². The molecule has 0 rings (SSSR count). The number of hydrogen-bond donors (Lipinski definition) is 2. The zero-order valence-corrected chi connectivity index (χ0v) is 9.42. The third-order valence-electron chi connectivity index (χ3n) is 2.05. The van der Waals surface area contributed by atoms with Gasteiger partial charge >= 0.3 is 5.97 Å². The van der Waals surface area contributed by atoms with Gasteiger partial charge in [0.15, 0.2) is 0 Å². The first kappa shape index (κ1) is 12.9. The molecule has 2 N–H and O–H groups in total. The monoisotopic (exact) mass is 201 g/mol. The zero-order valence-electron chi connectivity index (χ0n) is 9.42. The fourth-order valence-electron chi connectivity index (χ4n) is 0.924. The highest BCUT2D eigenvalue weighted by Gasteiger charge is 2.27. The number of carbonyl (C=O) groups is 2. The molecule has 1 amide bonds. The lowest BCUT2D eigenvalue weighted by atomic mass is 9.94. The molecule has 0 aromatic carbocycles. The third-order valence-corrected chi connectivity index (χ3v) is 2.05. The predicted octanol–water partition coefficient (Wildman–Crippen LogP) is 1.26. The quantitative estimate of drug-likeness (QED) is 0.722. The van der Waals surface area contributed by atoms with Crippen molar-refractivity contribution < 1.29 is 14.7 Å². The Labute approximate surface area is 84.7 Å². The molecule has 14 heavy (non-hydrogen) atoms. The lowest BCUT2D eigenvalue weighted by Crippen LogP contribution is -2.45. The summed E-state index contributed by atoms with van der Waals surface area (Å²) >= 11 is 0. The van der Waals surface area contributed by atoms with Gasteiger partial charge in [-0.05, 0) is 20.8 Å². The predicted molar refractivity (Wildman–Crippen MR) is 53.9 cm³/mol. The first-order valence-electron chi connectivity index (χ1n) is 4.70. The Bertz CT molecular complexity index is 230. The van der Waals surface area contributed by atoms with Crippen molar-refractivity contribution in [3.8, 4) is 0 Å². The van der Waals surface area contributed by atoms with Crippen LogP contribution >= 0.6 is 0 Å². The molecule has 0 heterocycles. The lowest BCUT2D eigenvalue weighted by Gasteiger charge is -2.24. The normalized spacial score (nSPS) is 15.8. The van der Waals surface area contributed by atoms with Gasteiger partial charge in [0, 0.05) is 11.5 Å². The fraction of sp³-hybridized carbons (Fsp3) is 0.800. The number of amides is 1. The van der Waals surface area contributed by atoms with E-state index in [4.69, 9.17) is 5.11 Å². The minimum absolute atomic E-state index is 0.215. The summed E-state index contributed by atoms with van der Waals surface area (Å²) < 4.78 is 0. The Morgan fingerprint density at radius 2 is 1.57 bits per heavy atom. The Morgan fingerprint density at radius 1 is 1.14 bits per heavy atom. The van der Waals surface area contributed by atoms with E-state index in [0.29, 0.717) is 0 Å². The molecule has 0 fully saturated rings. The molecular weight excluding hydrogens is 182 g/mol. The van der Waals surface area contributed by atoms with Crippen LogP contribution in [0.4, 0.5) is 0 Å². The first-order valence-corrected chi connectivity index (χ1v) is 4.70. The minimum atomic E-state index is -0.943. The maximum Gasteiger partial charge on any atom is 0.307 e. The molecule has 0 aromatic heterocycles. The summed E-state index contributed by atoms with van der Waals surface area (Å²) in [5.74, 6) is -2.32. The molecule has 0 radical (unpaired) electrons. The van der Waals surface area contributed by atoms with Crippen LogP contribution in [0.3, 0.4) is 0 Å². The van der Waals surface area contributed by atoms with E-state index in [9.17, 15) is 9.59 Å². The lowest BCUT2D eigenvalue weighted by molar-refractivity contribution is -0.146. The average Bonchev–Trinajstić information content (AvgIpc) is 1.98. The van der Waals surface area contributed by atoms with Gasteiger partial charge in [-0.3, -0.25) is 9.59 Å². The van der Waals surface area contributed by atoms with E-state index in [-0.39, 0.29) is 11.4 Å². The Kier molecular flexibility index (Phi) is 4.10. The van der Waals surface area contributed by atoms with E-state index in [0.717, 1.165) is 0 Å². The number of carboxylic acid groups (broad SMARTS) is 1. The van der Waals surface area contributed by atoms with Gasteiger partial charge in [0.2, 0.25) is 5.91 Å². The van der Waals surface area contributed by atoms with Crippen LogP contribution in [0.2, 0.25) is 0 Å². The van der Waals surface area contributed by atoms with Crippen molar-refractivity contribution >= 4 is 11.9 Å². The summed E-state index contributed by atoms with van der Waals surface area (Å²) in [6.45, 7) is 8.75. The van der Waals surface area contributed by atoms with E-state index in [2.05, 4.69) is 5.32 Å². The van der Waals surface area contributed by atoms with E-state index < -0.39 is 17.8 Å². The zero-order chi connectivity index (χ0) is 11.5. The van der Waals surface area contributed by atoms with Crippen molar-refractivity contribution in [3.63, 3.8) is 0 Å². The Hall–Kier alpha value is -1.06. The molecule has 82 valence electrons. The highest BCUT2D eigenvalue weighted by molar-refractivity contribution is 5.84. The van der Waals surface area contributed by atoms with Crippen molar-refractivity contribution in [2.45, 2.75) is 40.2 Å². The highest BCUT2D eigenvalue weighted by Crippen LogP contribution is 2.12. The van der Waals surface area contributed by atoms with Crippen LogP contribution < -0.4 is 5.32 Å². The van der Waals surface area contributed by atoms with Crippen LogP contribution in [0.5, 0.6) is 0 Å². The third kappa shape index (κ3) is 4.25. The van der Waals surface area contributed by atoms with Crippen LogP contribution in [-0.2, 0) is 9.59 Å². The van der Waals surface area contributed by atoms with E-state index in [1.807, 2.05) is 20.8 Å². The molecule has 2 unspecified atom stereocenters. The van der Waals surface area contributed by atoms with Crippen LogP contribution in [0.25, 0.3) is 0 Å². The molecule has 0 aliphatic heterocycles. The van der Waals surface area contributed by atoms with Crippen molar-refractivity contribution in [1.82, 2.24) is 5.32 Å². The van der Waals surface area contributed by atoms with Gasteiger partial charge in [0.05, 0.1) is 5.92 Å². The van der Waals surface area contributed by atoms with Crippen molar-refractivity contribution in [2.24, 2.45) is 11.8 Å². The van der Waals surface area contributed by atoms with E-state index in [1.54, 1.807) is 6.92 Å². The number of carboxylic acids is 1. The molecule has 4 nitrogen and oxygen atoms in total. The number of aliphatic carboxylic acids is 1. The second-order valence-corrected chi connectivity index (χ2v) is 4.65. The van der Waals surface area contributed by atoms with Gasteiger partial charge in [-0.1, -0.05) is 13.8 Å². The molecule has 4 heteroatoms. The molecule has 0 aliphatic carbocycles. The number of rotatable bonds is 3. The fourth-order valence-corrected chi connectivity index (χ4v) is 0.924. The second kappa shape index (κ2) is 4.44. The largest absolute Gasteiger partial charge is 0.481 e. The van der Waals surface area contributed by atoms with Gasteiger partial charge in [0.25, 0.3) is 0 Å². The highest BCUT2D eigenvalue weighted by atomic mass is 16.4. The van der Waals surface area contributed by atoms with Crippen molar-refractivity contribution in [1.29, 1.82) is 0 Å². The minimum Gasteiger partial charge on any atom is -0.481 e. The van der Waals surface area contributed by atoms with Crippen LogP contribution in [-0.4, -0.2) is 22.5 Å². The van der Waals surface area contributed by atoms with E-state index in [1.165, 1.54) is 6.92 Å². The van der Waals surface area contributed by atoms with Crippen LogP contribution in [0.15, 0.2) is 0 Å². The SMILES string of the molecule is CC(C(=O)O)C(C)C(=O)NC(C)(C)C. The summed E-state index contributed by atoms with van der Waals surface area (Å²) in [4.78, 5) is 22.2. The first-order chi connectivity index (χ1) is 6.15. The Morgan fingerprint density at radius 3 is 1.86 bits per heavy atom. The molecule has 0 saturated heterocycles. The molecule has 0 aromatic rings. The summed E-state index contributed by atoms with van der Waals surface area (Å²) in [5, 5.41) is 11.5. The van der Waals surface area contributed by atoms with Gasteiger partial charge < -0.3 is 10.4 Å². The number of nitrogens with one attached hydrogen (secondary N) is 1. The molecule has 0 saturated carbocycles. The second-order valence-electron chi connectivity index (χ2n) is 4.65. The number of hydrogen-bond acceptors (Lipinski definition) is 2. The molecule has 2 atom stereocenters. The summed E-state index contributed by atoms with van der Waals surface area (Å²) in [6.07, 6.45) is 0. The Balaban J connectivity index is 4.33. The number of carbonyl (C=O) groups excluding carboxylic acids is 1. The summed E-state index contributed by atoms with van der Waals surface area (Å²) in [7, 11) is 0. The standard InChI is InChI=1S/C10H19NO3/c1-6(7(2)9(13)14)8(12)11-10(3,4)5/h6-7H,1-5H3,(H,11,12)(H,13,14). The summed E-state index contributed by atoms with van der Waals surface area (Å²) in [5.41, 5.74) is -0.316. The van der Waals surface area contributed by atoms with Crippen molar-refractivity contribution in [2.75, 3.05) is 0 Å². The summed E-state index contributed by atoms with van der Waals surface area (Å²) in [6, 6.07) is 0. The topological polar surface area (TPSA) is 66.4 Å². The van der Waals surface area contributed by atoms with Gasteiger partial charge in [0.1, 0.15) is 0 Å². The molecule has 0 bridgehead atoms. The van der Waals surface area contributed by atoms with Crippen molar-refractivity contribution in [3.05, 3.63) is 0 Å². The maximum absolute atomic E-state index is 11.5. The average molecular weight is 201 g/mol. The van der Waals surface area contributed by atoms with E-state index >= 15 is 0 Å². The van der Waals surface area contributed by atoms with Gasteiger partial charge in [-0.25, -0.2) is 0 Å².